The number of benzene rings is 1. The number of unbranched alkanes of at least 4 members (excludes halogenated alkanes) is 1. The molecule has 1 fully saturated rings. The van der Waals surface area contributed by atoms with Crippen molar-refractivity contribution in [2.75, 3.05) is 37.7 Å². The summed E-state index contributed by atoms with van der Waals surface area (Å²) in [6.07, 6.45) is 1.78. The minimum Gasteiger partial charge on any atom is -0.461 e. The van der Waals surface area contributed by atoms with Gasteiger partial charge in [-0.05, 0) is 37.6 Å². The molecular weight excluding hydrogens is 292 g/mol. The molecule has 0 radical (unpaired) electrons. The van der Waals surface area contributed by atoms with E-state index in [0.29, 0.717) is 19.7 Å². The van der Waals surface area contributed by atoms with Gasteiger partial charge in [-0.2, -0.15) is 0 Å². The predicted octanol–water partition coefficient (Wildman–Crippen LogP) is 3.80. The summed E-state index contributed by atoms with van der Waals surface area (Å²) in [5, 5.41) is 1.13. The lowest BCUT2D eigenvalue weighted by molar-refractivity contribution is 0.0989. The van der Waals surface area contributed by atoms with E-state index < -0.39 is 0 Å². The average molecular weight is 316 g/mol. The van der Waals surface area contributed by atoms with Gasteiger partial charge < -0.3 is 19.0 Å². The third-order valence-corrected chi connectivity index (χ3v) is 4.25. The van der Waals surface area contributed by atoms with Gasteiger partial charge in [0.05, 0.1) is 6.61 Å². The second-order valence-corrected chi connectivity index (χ2v) is 6.02. The Balaban J connectivity index is 1.58. The van der Waals surface area contributed by atoms with Crippen molar-refractivity contribution in [1.82, 2.24) is 4.90 Å². The summed E-state index contributed by atoms with van der Waals surface area (Å²) in [6.45, 7) is 7.62. The number of amides is 1. The summed E-state index contributed by atoms with van der Waals surface area (Å²) >= 11 is 0. The molecule has 1 saturated heterocycles. The average Bonchev–Trinajstić information content (AvgIpc) is 2.94. The van der Waals surface area contributed by atoms with Gasteiger partial charge in [-0.1, -0.05) is 13.3 Å². The van der Waals surface area contributed by atoms with E-state index >= 15 is 0 Å². The van der Waals surface area contributed by atoms with Crippen LogP contribution in [-0.4, -0.2) is 43.8 Å². The van der Waals surface area contributed by atoms with Crippen molar-refractivity contribution < 1.29 is 13.9 Å². The third-order valence-electron chi connectivity index (χ3n) is 4.25. The molecule has 1 aromatic carbocycles. The second-order valence-electron chi connectivity index (χ2n) is 6.02. The number of fused-ring (bicyclic) bond motifs is 1. The molecule has 0 saturated carbocycles. The minimum absolute atomic E-state index is 0.181. The highest BCUT2D eigenvalue weighted by Crippen LogP contribution is 2.25. The number of carbonyl (C=O) groups excluding carboxylic acids is 1. The molecule has 0 N–H and O–H groups in total. The minimum atomic E-state index is -0.181. The smallest absolute Gasteiger partial charge is 0.409 e. The van der Waals surface area contributed by atoms with Gasteiger partial charge in [0.15, 0.2) is 0 Å². The fraction of sp³-hybridized carbons (Fsp3) is 0.500. The van der Waals surface area contributed by atoms with E-state index in [2.05, 4.69) is 30.0 Å². The maximum atomic E-state index is 12.0. The Hall–Kier alpha value is -2.17. The zero-order valence-corrected chi connectivity index (χ0v) is 13.9. The number of carbonyl (C=O) groups is 1. The fourth-order valence-electron chi connectivity index (χ4n) is 2.90. The van der Waals surface area contributed by atoms with E-state index in [1.165, 1.54) is 5.69 Å². The quantitative estimate of drug-likeness (QED) is 0.805. The van der Waals surface area contributed by atoms with E-state index in [1.54, 1.807) is 4.90 Å². The van der Waals surface area contributed by atoms with Gasteiger partial charge in [0, 0.05) is 37.3 Å². The number of hydrogen-bond acceptors (Lipinski definition) is 4. The lowest BCUT2D eigenvalue weighted by Crippen LogP contribution is -2.49. The number of aryl methyl sites for hydroxylation is 1. The van der Waals surface area contributed by atoms with Crippen molar-refractivity contribution >= 4 is 22.7 Å². The lowest BCUT2D eigenvalue weighted by atomic mass is 10.2. The van der Waals surface area contributed by atoms with Crippen LogP contribution in [0.2, 0.25) is 0 Å². The molecule has 1 aromatic heterocycles. The van der Waals surface area contributed by atoms with E-state index in [0.717, 1.165) is 42.7 Å². The summed E-state index contributed by atoms with van der Waals surface area (Å²) in [4.78, 5) is 16.1. The monoisotopic (exact) mass is 316 g/mol. The molecule has 124 valence electrons. The molecule has 0 bridgehead atoms. The largest absolute Gasteiger partial charge is 0.461 e. The topological polar surface area (TPSA) is 45.9 Å². The van der Waals surface area contributed by atoms with E-state index in [9.17, 15) is 4.79 Å². The van der Waals surface area contributed by atoms with Crippen molar-refractivity contribution in [1.29, 1.82) is 0 Å². The zero-order chi connectivity index (χ0) is 16.2. The Kier molecular flexibility index (Phi) is 4.74. The van der Waals surface area contributed by atoms with Crippen molar-refractivity contribution in [2.24, 2.45) is 0 Å². The Morgan fingerprint density at radius 2 is 2.00 bits per heavy atom. The number of furan rings is 1. The summed E-state index contributed by atoms with van der Waals surface area (Å²) in [5.41, 5.74) is 2.10. The number of piperazine rings is 1. The van der Waals surface area contributed by atoms with Crippen LogP contribution in [0.3, 0.4) is 0 Å². The Morgan fingerprint density at radius 1 is 1.22 bits per heavy atom. The Labute approximate surface area is 136 Å². The molecule has 1 aliphatic rings. The molecular formula is C18H24N2O3. The fourth-order valence-corrected chi connectivity index (χ4v) is 2.90. The first kappa shape index (κ1) is 15.7. The van der Waals surface area contributed by atoms with E-state index in [1.807, 2.05) is 13.0 Å². The standard InChI is InChI=1S/C18H24N2O3/c1-3-4-11-22-18(21)20-9-7-19(8-10-20)16-5-6-17-15(13-16)12-14(2)23-17/h5-6,12-13H,3-4,7-11H2,1-2H3. The Bertz CT molecular complexity index is 672. The molecule has 5 nitrogen and oxygen atoms in total. The maximum absolute atomic E-state index is 12.0. The van der Waals surface area contributed by atoms with Crippen LogP contribution in [0, 0.1) is 6.92 Å². The zero-order valence-electron chi connectivity index (χ0n) is 13.9. The van der Waals surface area contributed by atoms with Gasteiger partial charge in [0.1, 0.15) is 11.3 Å². The first-order valence-electron chi connectivity index (χ1n) is 8.34. The van der Waals surface area contributed by atoms with Crippen LogP contribution >= 0.6 is 0 Å². The SMILES string of the molecule is CCCCOC(=O)N1CCN(c2ccc3oc(C)cc3c2)CC1. The maximum Gasteiger partial charge on any atom is 0.409 e. The molecule has 3 rings (SSSR count). The molecule has 2 heterocycles. The predicted molar refractivity (Wildman–Crippen MR) is 91.0 cm³/mol. The first-order chi connectivity index (χ1) is 11.2. The molecule has 0 spiro atoms. The number of anilines is 1. The highest BCUT2D eigenvalue weighted by molar-refractivity contribution is 5.82. The van der Waals surface area contributed by atoms with Crippen molar-refractivity contribution in [3.63, 3.8) is 0 Å². The number of ether oxygens (including phenoxy) is 1. The Morgan fingerprint density at radius 3 is 2.74 bits per heavy atom. The summed E-state index contributed by atoms with van der Waals surface area (Å²) < 4.78 is 10.9. The van der Waals surface area contributed by atoms with Gasteiger partial charge >= 0.3 is 6.09 Å². The van der Waals surface area contributed by atoms with Crippen LogP contribution in [0.5, 0.6) is 0 Å². The van der Waals surface area contributed by atoms with Crippen LogP contribution in [0.4, 0.5) is 10.5 Å². The van der Waals surface area contributed by atoms with Gasteiger partial charge in [-0.25, -0.2) is 4.79 Å². The molecule has 1 aliphatic heterocycles. The summed E-state index contributed by atoms with van der Waals surface area (Å²) in [7, 11) is 0. The molecule has 1 amide bonds. The number of rotatable bonds is 4. The van der Waals surface area contributed by atoms with E-state index in [-0.39, 0.29) is 6.09 Å². The van der Waals surface area contributed by atoms with Crippen molar-refractivity contribution in [2.45, 2.75) is 26.7 Å². The van der Waals surface area contributed by atoms with Crippen LogP contribution in [0.1, 0.15) is 25.5 Å². The van der Waals surface area contributed by atoms with Gasteiger partial charge in [-0.15, -0.1) is 0 Å². The number of hydrogen-bond donors (Lipinski definition) is 0. The third kappa shape index (κ3) is 3.60. The number of nitrogens with zero attached hydrogens (tertiary/aromatic N) is 2. The molecule has 0 atom stereocenters. The van der Waals surface area contributed by atoms with Crippen LogP contribution in [-0.2, 0) is 4.74 Å². The normalized spacial score (nSPS) is 15.2. The summed E-state index contributed by atoms with van der Waals surface area (Å²) in [6, 6.07) is 8.31. The van der Waals surface area contributed by atoms with Gasteiger partial charge in [-0.3, -0.25) is 0 Å². The first-order valence-corrected chi connectivity index (χ1v) is 8.34. The highest BCUT2D eigenvalue weighted by atomic mass is 16.6. The van der Waals surface area contributed by atoms with Gasteiger partial charge in [0.2, 0.25) is 0 Å². The second kappa shape index (κ2) is 6.94. The molecule has 5 heteroatoms. The molecule has 2 aromatic rings. The van der Waals surface area contributed by atoms with E-state index in [4.69, 9.17) is 9.15 Å². The molecule has 23 heavy (non-hydrogen) atoms. The van der Waals surface area contributed by atoms with Gasteiger partial charge in [0.25, 0.3) is 0 Å². The van der Waals surface area contributed by atoms with Crippen molar-refractivity contribution in [3.8, 4) is 0 Å². The molecule has 0 aliphatic carbocycles. The van der Waals surface area contributed by atoms with Crippen LogP contribution < -0.4 is 4.90 Å². The molecule has 0 unspecified atom stereocenters. The summed E-state index contributed by atoms with van der Waals surface area (Å²) in [5.74, 6) is 0.928. The van der Waals surface area contributed by atoms with Crippen molar-refractivity contribution in [3.05, 3.63) is 30.0 Å². The van der Waals surface area contributed by atoms with Crippen LogP contribution in [0.25, 0.3) is 11.0 Å². The highest BCUT2D eigenvalue weighted by Gasteiger charge is 2.22. The lowest BCUT2D eigenvalue weighted by Gasteiger charge is -2.35. The van der Waals surface area contributed by atoms with Crippen LogP contribution in [0.15, 0.2) is 28.7 Å².